The zero-order chi connectivity index (χ0) is 19.8. The van der Waals surface area contributed by atoms with Crippen molar-refractivity contribution in [1.82, 2.24) is 9.97 Å². The van der Waals surface area contributed by atoms with E-state index in [0.717, 1.165) is 5.69 Å². The number of aromatic amines is 1. The molecule has 144 valence electrons. The molecule has 4 rings (SSSR count). The largest absolute Gasteiger partial charge is 0.368 e. The molecule has 1 aromatic heterocycles. The number of fused-ring (bicyclic) bond motifs is 1. The molecule has 1 saturated heterocycles. The third kappa shape index (κ3) is 2.98. The van der Waals surface area contributed by atoms with Crippen molar-refractivity contribution >= 4 is 33.8 Å². The third-order valence-corrected chi connectivity index (χ3v) is 4.92. The van der Waals surface area contributed by atoms with Gasteiger partial charge in [-0.05, 0) is 19.1 Å². The van der Waals surface area contributed by atoms with Crippen LogP contribution >= 0.6 is 0 Å². The third-order valence-electron chi connectivity index (χ3n) is 4.92. The zero-order valence-corrected chi connectivity index (χ0v) is 15.2. The minimum atomic E-state index is -0.575. The van der Waals surface area contributed by atoms with Crippen LogP contribution < -0.4 is 9.80 Å². The monoisotopic (exact) mass is 382 g/mol. The Labute approximate surface area is 159 Å². The highest BCUT2D eigenvalue weighted by Crippen LogP contribution is 2.43. The van der Waals surface area contributed by atoms with Crippen molar-refractivity contribution in [2.45, 2.75) is 6.92 Å². The zero-order valence-electron chi connectivity index (χ0n) is 15.2. The van der Waals surface area contributed by atoms with Crippen LogP contribution in [0, 0.1) is 27.2 Å². The van der Waals surface area contributed by atoms with Gasteiger partial charge in [0, 0.05) is 37.9 Å². The van der Waals surface area contributed by atoms with Crippen molar-refractivity contribution in [1.29, 1.82) is 0 Å². The maximum absolute atomic E-state index is 11.8. The van der Waals surface area contributed by atoms with Crippen molar-refractivity contribution in [3.05, 3.63) is 62.5 Å². The van der Waals surface area contributed by atoms with E-state index in [1.165, 1.54) is 6.07 Å². The molecule has 2 aromatic carbocycles. The lowest BCUT2D eigenvalue weighted by Gasteiger charge is -2.36. The van der Waals surface area contributed by atoms with E-state index in [9.17, 15) is 20.2 Å². The van der Waals surface area contributed by atoms with Gasteiger partial charge in [-0.2, -0.15) is 0 Å². The van der Waals surface area contributed by atoms with Crippen LogP contribution in [-0.2, 0) is 0 Å². The number of piperazine rings is 1. The maximum atomic E-state index is 11.8. The highest BCUT2D eigenvalue weighted by Gasteiger charge is 2.35. The Morgan fingerprint density at radius 3 is 2.25 bits per heavy atom. The number of nitro benzene ring substituents is 2. The van der Waals surface area contributed by atoms with Gasteiger partial charge >= 0.3 is 11.4 Å². The molecule has 1 aliphatic heterocycles. The van der Waals surface area contributed by atoms with Crippen molar-refractivity contribution in [2.75, 3.05) is 36.0 Å². The van der Waals surface area contributed by atoms with Gasteiger partial charge in [0.1, 0.15) is 5.82 Å². The minimum Gasteiger partial charge on any atom is -0.368 e. The molecular weight excluding hydrogens is 364 g/mol. The summed E-state index contributed by atoms with van der Waals surface area (Å²) in [7, 11) is 0. The number of para-hydroxylation sites is 1. The number of aromatic nitrogens is 2. The average Bonchev–Trinajstić information content (AvgIpc) is 3.06. The topological polar surface area (TPSA) is 121 Å². The Morgan fingerprint density at radius 1 is 1.00 bits per heavy atom. The molecule has 3 aromatic rings. The molecule has 0 spiro atoms. The number of hydrogen-bond acceptors (Lipinski definition) is 7. The summed E-state index contributed by atoms with van der Waals surface area (Å²) in [6.45, 7) is 3.75. The Hall–Kier alpha value is -3.69. The van der Waals surface area contributed by atoms with Crippen molar-refractivity contribution in [3.8, 4) is 0 Å². The summed E-state index contributed by atoms with van der Waals surface area (Å²) in [5.41, 5.74) is 0.931. The molecule has 0 atom stereocenters. The van der Waals surface area contributed by atoms with Crippen molar-refractivity contribution < 1.29 is 9.85 Å². The SMILES string of the molecule is Cc1nc2c([N+](=O)[O-])c(N3CCN(c4ccccc4)CC3)c([N+](=O)[O-])cc2[nH]1. The lowest BCUT2D eigenvalue weighted by molar-refractivity contribution is -0.391. The highest BCUT2D eigenvalue weighted by molar-refractivity contribution is 5.97. The summed E-state index contributed by atoms with van der Waals surface area (Å²) in [6.07, 6.45) is 0. The fraction of sp³-hybridized carbons (Fsp3) is 0.278. The van der Waals surface area contributed by atoms with Gasteiger partial charge in [-0.3, -0.25) is 20.2 Å². The standard InChI is InChI=1S/C18H18N6O4/c1-12-19-14-11-15(23(25)26)17(18(24(27)28)16(14)20-12)22-9-7-21(8-10-22)13-5-3-2-4-6-13/h2-6,11H,7-10H2,1H3,(H,19,20). The van der Waals surface area contributed by atoms with E-state index in [-0.39, 0.29) is 22.6 Å². The summed E-state index contributed by atoms with van der Waals surface area (Å²) in [5.74, 6) is 0.471. The molecule has 1 N–H and O–H groups in total. The highest BCUT2D eigenvalue weighted by atomic mass is 16.6. The lowest BCUT2D eigenvalue weighted by atomic mass is 10.1. The van der Waals surface area contributed by atoms with Crippen molar-refractivity contribution in [3.63, 3.8) is 0 Å². The normalized spacial score (nSPS) is 14.5. The number of hydrogen-bond donors (Lipinski definition) is 1. The molecular formula is C18H18N6O4. The van der Waals surface area contributed by atoms with Gasteiger partial charge in [-0.25, -0.2) is 4.98 Å². The van der Waals surface area contributed by atoms with E-state index in [0.29, 0.717) is 37.5 Å². The fourth-order valence-corrected chi connectivity index (χ4v) is 3.68. The number of aryl methyl sites for hydroxylation is 1. The number of anilines is 2. The Kier molecular flexibility index (Phi) is 4.30. The molecule has 2 heterocycles. The van der Waals surface area contributed by atoms with E-state index in [4.69, 9.17) is 0 Å². The van der Waals surface area contributed by atoms with E-state index < -0.39 is 9.85 Å². The van der Waals surface area contributed by atoms with Crippen LogP contribution in [0.1, 0.15) is 5.82 Å². The van der Waals surface area contributed by atoms with E-state index in [1.807, 2.05) is 30.3 Å². The van der Waals surface area contributed by atoms with E-state index in [1.54, 1.807) is 11.8 Å². The predicted octanol–water partition coefficient (Wildman–Crippen LogP) is 3.01. The number of nitrogens with zero attached hydrogens (tertiary/aromatic N) is 5. The number of nitro groups is 2. The van der Waals surface area contributed by atoms with Gasteiger partial charge in [0.15, 0.2) is 11.2 Å². The number of rotatable bonds is 4. The summed E-state index contributed by atoms with van der Waals surface area (Å²) >= 11 is 0. The molecule has 0 saturated carbocycles. The first-order valence-corrected chi connectivity index (χ1v) is 8.82. The Morgan fingerprint density at radius 2 is 1.64 bits per heavy atom. The fourth-order valence-electron chi connectivity index (χ4n) is 3.68. The van der Waals surface area contributed by atoms with Crippen LogP contribution in [-0.4, -0.2) is 46.0 Å². The quantitative estimate of drug-likeness (QED) is 0.544. The molecule has 1 fully saturated rings. The van der Waals surface area contributed by atoms with Gasteiger partial charge in [-0.1, -0.05) is 18.2 Å². The molecule has 0 radical (unpaired) electrons. The molecule has 0 amide bonds. The molecule has 0 aliphatic carbocycles. The van der Waals surface area contributed by atoms with Crippen LogP contribution in [0.3, 0.4) is 0 Å². The van der Waals surface area contributed by atoms with E-state index >= 15 is 0 Å². The second kappa shape index (κ2) is 6.80. The molecule has 0 bridgehead atoms. The molecule has 10 nitrogen and oxygen atoms in total. The Balaban J connectivity index is 1.76. The number of imidazole rings is 1. The summed E-state index contributed by atoms with van der Waals surface area (Å²) < 4.78 is 0. The van der Waals surface area contributed by atoms with Crippen molar-refractivity contribution in [2.24, 2.45) is 0 Å². The van der Waals surface area contributed by atoms with Gasteiger partial charge in [-0.15, -0.1) is 0 Å². The first-order valence-electron chi connectivity index (χ1n) is 8.82. The van der Waals surface area contributed by atoms with Crippen LogP contribution in [0.25, 0.3) is 11.0 Å². The number of nitrogens with one attached hydrogen (secondary N) is 1. The van der Waals surface area contributed by atoms with Crippen LogP contribution in [0.5, 0.6) is 0 Å². The Bertz CT molecular complexity index is 1060. The minimum absolute atomic E-state index is 0.0294. The van der Waals surface area contributed by atoms with E-state index in [2.05, 4.69) is 14.9 Å². The van der Waals surface area contributed by atoms with Gasteiger partial charge in [0.2, 0.25) is 0 Å². The second-order valence-corrected chi connectivity index (χ2v) is 6.64. The first kappa shape index (κ1) is 17.7. The van der Waals surface area contributed by atoms with Gasteiger partial charge in [0.25, 0.3) is 0 Å². The molecule has 10 heteroatoms. The molecule has 1 aliphatic rings. The van der Waals surface area contributed by atoms with Crippen LogP contribution in [0.2, 0.25) is 0 Å². The number of H-pyrrole nitrogens is 1. The first-order chi connectivity index (χ1) is 13.5. The lowest BCUT2D eigenvalue weighted by Crippen LogP contribution is -2.46. The van der Waals surface area contributed by atoms with Gasteiger partial charge in [0.05, 0.1) is 15.4 Å². The molecule has 28 heavy (non-hydrogen) atoms. The summed E-state index contributed by atoms with van der Waals surface area (Å²) in [4.78, 5) is 33.3. The van der Waals surface area contributed by atoms with Crippen LogP contribution in [0.4, 0.5) is 22.7 Å². The van der Waals surface area contributed by atoms with Crippen LogP contribution in [0.15, 0.2) is 36.4 Å². The smallest absolute Gasteiger partial charge is 0.327 e. The summed E-state index contributed by atoms with van der Waals surface area (Å²) in [5, 5.41) is 23.5. The predicted molar refractivity (Wildman–Crippen MR) is 105 cm³/mol. The average molecular weight is 382 g/mol. The molecule has 0 unspecified atom stereocenters. The maximum Gasteiger partial charge on any atom is 0.327 e. The number of benzene rings is 2. The second-order valence-electron chi connectivity index (χ2n) is 6.64. The summed E-state index contributed by atoms with van der Waals surface area (Å²) in [6, 6.07) is 11.2. The van der Waals surface area contributed by atoms with Gasteiger partial charge < -0.3 is 14.8 Å².